The summed E-state index contributed by atoms with van der Waals surface area (Å²) in [5.74, 6) is -3.17. The lowest BCUT2D eigenvalue weighted by Gasteiger charge is -2.37. The summed E-state index contributed by atoms with van der Waals surface area (Å²) in [4.78, 5) is 32.8. The number of hydrogen-bond donors (Lipinski definition) is 5. The highest BCUT2D eigenvalue weighted by Gasteiger charge is 2.61. The first-order chi connectivity index (χ1) is 34.5. The monoisotopic (exact) mass is 1020 g/mol. The van der Waals surface area contributed by atoms with Gasteiger partial charge in [0.15, 0.2) is 5.82 Å². The minimum Gasteiger partial charge on any atom is -0.507 e. The van der Waals surface area contributed by atoms with Crippen LogP contribution in [0.25, 0.3) is 22.4 Å². The van der Waals surface area contributed by atoms with Crippen LogP contribution in [0.3, 0.4) is 0 Å². The van der Waals surface area contributed by atoms with Crippen molar-refractivity contribution in [2.75, 3.05) is 57.4 Å². The third-order valence-electron chi connectivity index (χ3n) is 13.5. The summed E-state index contributed by atoms with van der Waals surface area (Å²) in [5, 5.41) is 39.0. The Morgan fingerprint density at radius 1 is 0.931 bits per heavy atom. The number of nitrogens with zero attached hydrogens (tertiary/aromatic N) is 5. The van der Waals surface area contributed by atoms with Crippen molar-refractivity contribution in [3.05, 3.63) is 153 Å². The van der Waals surface area contributed by atoms with Crippen LogP contribution in [0.1, 0.15) is 66.6 Å². The van der Waals surface area contributed by atoms with Gasteiger partial charge in [-0.3, -0.25) is 14.5 Å². The van der Waals surface area contributed by atoms with Crippen LogP contribution < -0.4 is 26.4 Å². The number of phenolic OH excluding ortho intramolecular Hbond substituents is 1. The molecule has 8 rings (SSSR count). The van der Waals surface area contributed by atoms with Gasteiger partial charge in [0, 0.05) is 78.5 Å². The Balaban J connectivity index is 0.865. The lowest BCUT2D eigenvalue weighted by atomic mass is 9.62. The van der Waals surface area contributed by atoms with Gasteiger partial charge in [-0.15, -0.1) is 10.2 Å². The van der Waals surface area contributed by atoms with Crippen molar-refractivity contribution in [3.63, 3.8) is 0 Å². The first-order valence-corrected chi connectivity index (χ1v) is 24.5. The zero-order chi connectivity index (χ0) is 51.3. The number of nitrogens with two attached hydrogens (primary N) is 1. The zero-order valence-electron chi connectivity index (χ0n) is 40.5. The van der Waals surface area contributed by atoms with Gasteiger partial charge in [-0.2, -0.15) is 5.26 Å². The second kappa shape index (κ2) is 22.0. The quantitative estimate of drug-likeness (QED) is 0.0618. The summed E-state index contributed by atoms with van der Waals surface area (Å²) in [7, 11) is 1.41. The van der Waals surface area contributed by atoms with E-state index in [0.29, 0.717) is 35.6 Å². The molecule has 6 aromatic rings. The minimum absolute atomic E-state index is 0.0308. The topological polar surface area (TPSA) is 182 Å². The fraction of sp³-hybridized carbons (Fsp3) is 0.327. The van der Waals surface area contributed by atoms with Gasteiger partial charge in [-0.25, -0.2) is 8.78 Å². The largest absolute Gasteiger partial charge is 0.507 e. The van der Waals surface area contributed by atoms with Gasteiger partial charge in [0.05, 0.1) is 35.6 Å². The molecule has 0 radical (unpaired) electrons. The molecule has 0 spiro atoms. The number of methoxy groups -OCH3 is 1. The van der Waals surface area contributed by atoms with Gasteiger partial charge >= 0.3 is 0 Å². The lowest BCUT2D eigenvalue weighted by molar-refractivity contribution is -0.118. The molecule has 374 valence electrons. The third-order valence-corrected chi connectivity index (χ3v) is 14.1. The Labute approximate surface area is 428 Å². The summed E-state index contributed by atoms with van der Waals surface area (Å²) in [6, 6.07) is 30.3. The van der Waals surface area contributed by atoms with Crippen molar-refractivity contribution < 1.29 is 28.2 Å². The average molecular weight is 1020 g/mol. The van der Waals surface area contributed by atoms with Crippen molar-refractivity contribution >= 4 is 46.5 Å². The smallest absolute Gasteiger partial charge is 0.251 e. The molecule has 3 heterocycles. The third kappa shape index (κ3) is 11.2. The van der Waals surface area contributed by atoms with E-state index >= 15 is 8.78 Å². The Bertz CT molecular complexity index is 3000. The van der Waals surface area contributed by atoms with E-state index < -0.39 is 46.4 Å². The van der Waals surface area contributed by atoms with Gasteiger partial charge in [-0.1, -0.05) is 98.6 Å². The number of halogens is 4. The molecule has 2 aliphatic rings. The molecule has 13 nitrogen and oxygen atoms in total. The number of hydrogen-bond acceptors (Lipinski definition) is 11. The van der Waals surface area contributed by atoms with E-state index in [-0.39, 0.29) is 44.3 Å². The first-order valence-electron chi connectivity index (χ1n) is 23.8. The van der Waals surface area contributed by atoms with Crippen molar-refractivity contribution in [1.29, 1.82) is 5.26 Å². The molecule has 0 aliphatic carbocycles. The van der Waals surface area contributed by atoms with Gasteiger partial charge in [0.25, 0.3) is 5.91 Å². The first kappa shape index (κ1) is 51.7. The number of ether oxygens (including phenoxy) is 1. The summed E-state index contributed by atoms with van der Waals surface area (Å²) in [5.41, 5.74) is 8.43. The zero-order valence-corrected chi connectivity index (χ0v) is 42.0. The lowest BCUT2D eigenvalue weighted by Crippen LogP contribution is -2.46. The molecule has 2 fully saturated rings. The number of nitrogen functional groups attached to an aromatic ring is 1. The number of phenols is 1. The van der Waals surface area contributed by atoms with E-state index in [1.807, 2.05) is 45.0 Å². The van der Waals surface area contributed by atoms with Crippen LogP contribution in [0.2, 0.25) is 10.0 Å². The Morgan fingerprint density at radius 3 is 2.36 bits per heavy atom. The molecule has 0 unspecified atom stereocenters. The summed E-state index contributed by atoms with van der Waals surface area (Å²) in [6.45, 7) is 11.5. The van der Waals surface area contributed by atoms with Crippen molar-refractivity contribution in [2.24, 2.45) is 5.41 Å². The molecular weight excluding hydrogens is 960 g/mol. The molecule has 1 aromatic heterocycles. The fourth-order valence-corrected chi connectivity index (χ4v) is 10.3. The van der Waals surface area contributed by atoms with E-state index in [2.05, 4.69) is 54.1 Å². The highest BCUT2D eigenvalue weighted by molar-refractivity contribution is 6.31. The molecule has 4 atom stereocenters. The molecule has 0 bridgehead atoms. The number of para-hydroxylation sites is 1. The van der Waals surface area contributed by atoms with Gasteiger partial charge in [-0.05, 0) is 96.1 Å². The van der Waals surface area contributed by atoms with E-state index in [9.17, 15) is 20.0 Å². The summed E-state index contributed by atoms with van der Waals surface area (Å²) in [6.07, 6.45) is 1.04. The maximum absolute atomic E-state index is 16.2. The Kier molecular flexibility index (Phi) is 15.8. The van der Waals surface area contributed by atoms with Gasteiger partial charge in [0.2, 0.25) is 5.91 Å². The maximum Gasteiger partial charge on any atom is 0.251 e. The number of nitriles is 1. The average Bonchev–Trinajstić information content (AvgIpc) is 3.67. The predicted octanol–water partition coefficient (Wildman–Crippen LogP) is 9.59. The SMILES string of the molecule is COc1cc(C(=O)NCCCN2CCN(Cc3ccc(-c4cc(-c5ccccc5O)nnc4N)cc3)CC2)ccc1NC(=O)[C@@H]1N[C@@H](CC(C)(C)C)[C@](C#N)(c2ccc(Cl)cc2F)[C@H]1c1cccc(Cl)c1F. The molecule has 2 aliphatic heterocycles. The maximum atomic E-state index is 16.2. The highest BCUT2D eigenvalue weighted by atomic mass is 35.5. The highest BCUT2D eigenvalue weighted by Crippen LogP contribution is 2.53. The van der Waals surface area contributed by atoms with Gasteiger partial charge in [0.1, 0.15) is 28.5 Å². The number of benzene rings is 5. The second-order valence-electron chi connectivity index (χ2n) is 19.6. The number of rotatable bonds is 15. The number of nitrogens with one attached hydrogen (secondary N) is 3. The van der Waals surface area contributed by atoms with E-state index in [0.717, 1.165) is 62.9 Å². The molecule has 2 saturated heterocycles. The molecule has 17 heteroatoms. The number of aromatic hydroxyl groups is 1. The van der Waals surface area contributed by atoms with Crippen LogP contribution in [0, 0.1) is 28.4 Å². The summed E-state index contributed by atoms with van der Waals surface area (Å²) < 4.78 is 37.9. The van der Waals surface area contributed by atoms with E-state index in [1.54, 1.807) is 30.3 Å². The van der Waals surface area contributed by atoms with Crippen LogP contribution in [0.5, 0.6) is 11.5 Å². The molecular formula is C55H57Cl2F2N9O4. The second-order valence-corrected chi connectivity index (χ2v) is 20.4. The van der Waals surface area contributed by atoms with Crippen LogP contribution in [-0.2, 0) is 16.8 Å². The molecule has 5 aromatic carbocycles. The van der Waals surface area contributed by atoms with Crippen LogP contribution >= 0.6 is 23.2 Å². The van der Waals surface area contributed by atoms with Crippen LogP contribution in [0.4, 0.5) is 20.3 Å². The molecule has 0 saturated carbocycles. The van der Waals surface area contributed by atoms with Crippen molar-refractivity contribution in [1.82, 2.24) is 30.6 Å². The van der Waals surface area contributed by atoms with E-state index in [4.69, 9.17) is 33.7 Å². The number of carbonyl (C=O) groups excluding carboxylic acids is 2. The number of aromatic nitrogens is 2. The standard InChI is InChI=1S/C55H57Cl2F2N9O4/c1-54(2,3)30-47-55(32-60,40-19-18-36(56)28-42(40)58)48(38-10-7-11-41(57)49(38)59)50(64-47)53(71)63-43-20-17-35(27-46(43)72-4)52(70)62-21-8-22-67-23-25-68(26-24-67)31-33-13-15-34(16-14-33)39-29-44(65-66-51(39)61)37-9-5-6-12-45(37)69/h5-7,9-20,27-29,47-48,50,64,69H,8,21-26,30-31H2,1-4H3,(H2,61,66)(H,62,70)(H,63,71)/t47-,48-,50+,55-/m0/s1. The molecule has 72 heavy (non-hydrogen) atoms. The van der Waals surface area contributed by atoms with Crippen molar-refractivity contribution in [3.8, 4) is 40.0 Å². The Morgan fingerprint density at radius 2 is 1.67 bits per heavy atom. The normalized spacial score (nSPS) is 19.4. The summed E-state index contributed by atoms with van der Waals surface area (Å²) >= 11 is 12.5. The van der Waals surface area contributed by atoms with Gasteiger partial charge < -0.3 is 36.4 Å². The van der Waals surface area contributed by atoms with Crippen LogP contribution in [-0.4, -0.2) is 95.4 Å². The minimum atomic E-state index is -1.80. The Hall–Kier alpha value is -6.67. The number of carbonyl (C=O) groups is 2. The van der Waals surface area contributed by atoms with Crippen LogP contribution in [0.15, 0.2) is 109 Å². The number of piperazine rings is 1. The molecule has 6 N–H and O–H groups in total. The number of anilines is 2. The predicted molar refractivity (Wildman–Crippen MR) is 277 cm³/mol. The van der Waals surface area contributed by atoms with E-state index in [1.165, 1.54) is 49.1 Å². The molecule has 2 amide bonds. The fourth-order valence-electron chi connectivity index (χ4n) is 9.98. The number of amides is 2. The van der Waals surface area contributed by atoms with Crippen molar-refractivity contribution in [2.45, 2.75) is 63.6 Å².